The van der Waals surface area contributed by atoms with Crippen molar-refractivity contribution in [2.75, 3.05) is 37.6 Å². The average molecular weight is 525 g/mol. The van der Waals surface area contributed by atoms with Crippen molar-refractivity contribution in [1.82, 2.24) is 20.2 Å². The van der Waals surface area contributed by atoms with Gasteiger partial charge in [0.1, 0.15) is 0 Å². The third-order valence-electron chi connectivity index (χ3n) is 4.64. The molecule has 1 aromatic heterocycles. The fourth-order valence-corrected chi connectivity index (χ4v) is 3.03. The molecule has 0 aliphatic carbocycles. The summed E-state index contributed by atoms with van der Waals surface area (Å²) in [6, 6.07) is 8.37. The molecule has 30 heavy (non-hydrogen) atoms. The highest BCUT2D eigenvalue weighted by Crippen LogP contribution is 2.14. The van der Waals surface area contributed by atoms with Crippen LogP contribution >= 0.6 is 24.0 Å². The number of nitro benzene ring substituents is 1. The third-order valence-corrected chi connectivity index (χ3v) is 4.64. The van der Waals surface area contributed by atoms with E-state index in [0.29, 0.717) is 12.5 Å². The first-order valence-electron chi connectivity index (χ1n) is 9.81. The minimum absolute atomic E-state index is 0. The molecule has 1 saturated heterocycles. The molecule has 2 aromatic rings. The van der Waals surface area contributed by atoms with Crippen molar-refractivity contribution in [3.8, 4) is 0 Å². The minimum atomic E-state index is -0.390. The van der Waals surface area contributed by atoms with E-state index in [-0.39, 0.29) is 29.7 Å². The second-order valence-corrected chi connectivity index (χ2v) is 7.36. The van der Waals surface area contributed by atoms with Gasteiger partial charge in [-0.05, 0) is 17.5 Å². The third kappa shape index (κ3) is 6.78. The number of guanidine groups is 1. The maximum atomic E-state index is 10.8. The van der Waals surface area contributed by atoms with Gasteiger partial charge in [0.15, 0.2) is 5.96 Å². The van der Waals surface area contributed by atoms with Crippen LogP contribution in [-0.2, 0) is 6.54 Å². The molecule has 0 atom stereocenters. The van der Waals surface area contributed by atoms with Crippen LogP contribution in [0, 0.1) is 16.0 Å². The molecule has 10 heteroatoms. The molecular weight excluding hydrogens is 497 g/mol. The lowest BCUT2D eigenvalue weighted by molar-refractivity contribution is -0.384. The van der Waals surface area contributed by atoms with E-state index in [0.717, 1.165) is 50.2 Å². The van der Waals surface area contributed by atoms with Gasteiger partial charge in [0, 0.05) is 57.3 Å². The Balaban J connectivity index is 0.00000320. The number of anilines is 1. The van der Waals surface area contributed by atoms with Gasteiger partial charge in [0.2, 0.25) is 5.95 Å². The van der Waals surface area contributed by atoms with Gasteiger partial charge in [0.05, 0.1) is 11.5 Å². The second kappa shape index (κ2) is 11.6. The van der Waals surface area contributed by atoms with Crippen LogP contribution < -0.4 is 10.2 Å². The normalized spacial score (nSPS) is 14.4. The summed E-state index contributed by atoms with van der Waals surface area (Å²) in [4.78, 5) is 28.3. The summed E-state index contributed by atoms with van der Waals surface area (Å²) in [7, 11) is 0. The summed E-state index contributed by atoms with van der Waals surface area (Å²) in [6.45, 7) is 8.91. The molecule has 0 saturated carbocycles. The van der Waals surface area contributed by atoms with Crippen LogP contribution in [0.3, 0.4) is 0 Å². The molecule has 1 aromatic carbocycles. The first-order valence-corrected chi connectivity index (χ1v) is 9.81. The number of benzene rings is 1. The Bertz CT molecular complexity index is 823. The second-order valence-electron chi connectivity index (χ2n) is 7.36. The standard InChI is InChI=1S/C20H27N7O2.HI/c1-16(2)14-23-20(24-15-17-4-6-18(7-5-17)27(28)29)26-12-10-25(11-13-26)19-21-8-3-9-22-19;/h3-9,16H,10-15H2,1-2H3,(H,23,24);1H. The number of halogens is 1. The summed E-state index contributed by atoms with van der Waals surface area (Å²) in [6.07, 6.45) is 3.52. The van der Waals surface area contributed by atoms with E-state index >= 15 is 0 Å². The average Bonchev–Trinajstić information content (AvgIpc) is 2.75. The molecular formula is C20H28IN7O2. The van der Waals surface area contributed by atoms with Gasteiger partial charge in [-0.25, -0.2) is 15.0 Å². The molecule has 9 nitrogen and oxygen atoms in total. The number of nitrogens with zero attached hydrogens (tertiary/aromatic N) is 6. The smallest absolute Gasteiger partial charge is 0.269 e. The van der Waals surface area contributed by atoms with Crippen molar-refractivity contribution in [2.24, 2.45) is 10.9 Å². The maximum Gasteiger partial charge on any atom is 0.269 e. The summed E-state index contributed by atoms with van der Waals surface area (Å²) in [5.74, 6) is 2.12. The first kappa shape index (κ1) is 23.8. The molecule has 1 aliphatic rings. The highest BCUT2D eigenvalue weighted by atomic mass is 127. The van der Waals surface area contributed by atoms with Crippen molar-refractivity contribution in [2.45, 2.75) is 20.4 Å². The van der Waals surface area contributed by atoms with Crippen molar-refractivity contribution in [3.05, 3.63) is 58.4 Å². The Morgan fingerprint density at radius 1 is 1.17 bits per heavy atom. The Kier molecular flexibility index (Phi) is 9.21. The summed E-state index contributed by atoms with van der Waals surface area (Å²) in [5, 5.41) is 14.3. The zero-order chi connectivity index (χ0) is 20.6. The lowest BCUT2D eigenvalue weighted by Gasteiger charge is -2.36. The number of nitrogens with one attached hydrogen (secondary N) is 1. The van der Waals surface area contributed by atoms with Crippen LogP contribution in [0.25, 0.3) is 0 Å². The van der Waals surface area contributed by atoms with E-state index in [2.05, 4.69) is 38.9 Å². The first-order chi connectivity index (χ1) is 14.0. The number of rotatable bonds is 6. The van der Waals surface area contributed by atoms with Crippen molar-refractivity contribution >= 4 is 41.6 Å². The molecule has 0 radical (unpaired) electrons. The molecule has 2 heterocycles. The maximum absolute atomic E-state index is 10.8. The van der Waals surface area contributed by atoms with E-state index in [1.54, 1.807) is 24.5 Å². The molecule has 3 rings (SSSR count). The van der Waals surface area contributed by atoms with E-state index < -0.39 is 4.92 Å². The van der Waals surface area contributed by atoms with Crippen LogP contribution in [0.5, 0.6) is 0 Å². The van der Waals surface area contributed by atoms with Crippen molar-refractivity contribution in [1.29, 1.82) is 0 Å². The Morgan fingerprint density at radius 3 is 2.37 bits per heavy atom. The van der Waals surface area contributed by atoms with Gasteiger partial charge in [-0.3, -0.25) is 10.1 Å². The monoisotopic (exact) mass is 525 g/mol. The molecule has 1 N–H and O–H groups in total. The van der Waals surface area contributed by atoms with E-state index in [1.165, 1.54) is 12.1 Å². The lowest BCUT2D eigenvalue weighted by Crippen LogP contribution is -2.53. The summed E-state index contributed by atoms with van der Waals surface area (Å²) < 4.78 is 0. The Morgan fingerprint density at radius 2 is 1.80 bits per heavy atom. The van der Waals surface area contributed by atoms with E-state index in [4.69, 9.17) is 4.99 Å². The number of hydrogen-bond acceptors (Lipinski definition) is 6. The quantitative estimate of drug-likeness (QED) is 0.204. The lowest BCUT2D eigenvalue weighted by atomic mass is 10.2. The van der Waals surface area contributed by atoms with Gasteiger partial charge in [-0.2, -0.15) is 0 Å². The molecule has 0 spiro atoms. The highest BCUT2D eigenvalue weighted by Gasteiger charge is 2.21. The number of non-ortho nitro benzene ring substituents is 1. The zero-order valence-electron chi connectivity index (χ0n) is 17.3. The van der Waals surface area contributed by atoms with Gasteiger partial charge in [-0.15, -0.1) is 24.0 Å². The largest absolute Gasteiger partial charge is 0.356 e. The van der Waals surface area contributed by atoms with Crippen molar-refractivity contribution < 1.29 is 4.92 Å². The number of hydrogen-bond donors (Lipinski definition) is 1. The van der Waals surface area contributed by atoms with Gasteiger partial charge < -0.3 is 15.1 Å². The van der Waals surface area contributed by atoms with Crippen LogP contribution in [0.2, 0.25) is 0 Å². The Hall–Kier alpha value is -2.50. The molecule has 0 amide bonds. The summed E-state index contributed by atoms with van der Waals surface area (Å²) >= 11 is 0. The fourth-order valence-electron chi connectivity index (χ4n) is 3.03. The number of piperazine rings is 1. The fraction of sp³-hybridized carbons (Fsp3) is 0.450. The predicted molar refractivity (Wildman–Crippen MR) is 128 cm³/mol. The molecule has 1 aliphatic heterocycles. The number of aliphatic imine (C=N–C) groups is 1. The summed E-state index contributed by atoms with van der Waals surface area (Å²) in [5.41, 5.74) is 1.03. The SMILES string of the molecule is CC(C)CNC(=NCc1ccc([N+](=O)[O-])cc1)N1CCN(c2ncccn2)CC1.I. The predicted octanol–water partition coefficient (Wildman–Crippen LogP) is 2.93. The molecule has 0 unspecified atom stereocenters. The molecule has 1 fully saturated rings. The number of nitro groups is 1. The van der Waals surface area contributed by atoms with E-state index in [9.17, 15) is 10.1 Å². The van der Waals surface area contributed by atoms with Crippen LogP contribution in [0.1, 0.15) is 19.4 Å². The van der Waals surface area contributed by atoms with Gasteiger partial charge in [-0.1, -0.05) is 26.0 Å². The van der Waals surface area contributed by atoms with Crippen LogP contribution in [0.15, 0.2) is 47.7 Å². The minimum Gasteiger partial charge on any atom is -0.356 e. The van der Waals surface area contributed by atoms with Gasteiger partial charge >= 0.3 is 0 Å². The molecule has 162 valence electrons. The van der Waals surface area contributed by atoms with E-state index in [1.807, 2.05) is 6.07 Å². The molecule has 0 bridgehead atoms. The highest BCUT2D eigenvalue weighted by molar-refractivity contribution is 14.0. The van der Waals surface area contributed by atoms with Crippen LogP contribution in [-0.4, -0.2) is 58.5 Å². The number of aromatic nitrogens is 2. The van der Waals surface area contributed by atoms with Crippen molar-refractivity contribution in [3.63, 3.8) is 0 Å². The van der Waals surface area contributed by atoms with Crippen LogP contribution in [0.4, 0.5) is 11.6 Å². The zero-order valence-corrected chi connectivity index (χ0v) is 19.6. The topological polar surface area (TPSA) is 99.8 Å². The Labute approximate surface area is 193 Å². The van der Waals surface area contributed by atoms with Gasteiger partial charge in [0.25, 0.3) is 5.69 Å².